The molecule has 0 aromatic rings. The molecular weight excluding hydrogens is 183 g/mol. The SMILES string of the molecule is CCCCC(=O)OCC.CCCCF. The van der Waals surface area contributed by atoms with E-state index in [2.05, 4.69) is 6.92 Å². The lowest BCUT2D eigenvalue weighted by Gasteiger charge is -1.97. The number of carbonyl (C=O) groups excluding carboxylic acids is 1. The molecule has 0 aliphatic heterocycles. The van der Waals surface area contributed by atoms with E-state index in [1.54, 1.807) is 0 Å². The van der Waals surface area contributed by atoms with Crippen molar-refractivity contribution in [2.45, 2.75) is 52.9 Å². The van der Waals surface area contributed by atoms with E-state index in [0.717, 1.165) is 25.7 Å². The summed E-state index contributed by atoms with van der Waals surface area (Å²) in [7, 11) is 0. The second kappa shape index (κ2) is 14.9. The van der Waals surface area contributed by atoms with E-state index in [9.17, 15) is 9.18 Å². The molecule has 0 atom stereocenters. The smallest absolute Gasteiger partial charge is 0.305 e. The van der Waals surface area contributed by atoms with Crippen LogP contribution in [-0.4, -0.2) is 19.3 Å². The lowest BCUT2D eigenvalue weighted by molar-refractivity contribution is -0.143. The van der Waals surface area contributed by atoms with Crippen molar-refractivity contribution in [2.24, 2.45) is 0 Å². The van der Waals surface area contributed by atoms with Crippen LogP contribution in [-0.2, 0) is 9.53 Å². The average molecular weight is 206 g/mol. The quantitative estimate of drug-likeness (QED) is 0.622. The second-order valence-electron chi connectivity index (χ2n) is 2.95. The third-order valence-electron chi connectivity index (χ3n) is 1.53. The van der Waals surface area contributed by atoms with Crippen LogP contribution in [0.25, 0.3) is 0 Å². The average Bonchev–Trinajstić information content (AvgIpc) is 2.17. The zero-order valence-electron chi connectivity index (χ0n) is 9.64. The van der Waals surface area contributed by atoms with Crippen LogP contribution in [0.5, 0.6) is 0 Å². The Bertz CT molecular complexity index is 114. The minimum Gasteiger partial charge on any atom is -0.466 e. The number of esters is 1. The van der Waals surface area contributed by atoms with Gasteiger partial charge in [0.1, 0.15) is 0 Å². The highest BCUT2D eigenvalue weighted by Crippen LogP contribution is 1.95. The molecule has 3 heteroatoms. The van der Waals surface area contributed by atoms with Crippen LogP contribution in [0.15, 0.2) is 0 Å². The molecule has 0 aliphatic rings. The van der Waals surface area contributed by atoms with Crippen LogP contribution in [0.1, 0.15) is 52.9 Å². The highest BCUT2D eigenvalue weighted by Gasteiger charge is 1.97. The van der Waals surface area contributed by atoms with Crippen LogP contribution in [0.3, 0.4) is 0 Å². The second-order valence-corrected chi connectivity index (χ2v) is 2.95. The first-order chi connectivity index (χ1) is 6.72. The third-order valence-corrected chi connectivity index (χ3v) is 1.53. The Hall–Kier alpha value is -0.600. The zero-order chi connectivity index (χ0) is 11.2. The molecule has 2 nitrogen and oxygen atoms in total. The molecule has 0 aliphatic carbocycles. The number of hydrogen-bond donors (Lipinski definition) is 0. The fourth-order valence-corrected chi connectivity index (χ4v) is 0.688. The van der Waals surface area contributed by atoms with Gasteiger partial charge in [0.05, 0.1) is 13.3 Å². The van der Waals surface area contributed by atoms with E-state index >= 15 is 0 Å². The molecule has 0 saturated carbocycles. The molecule has 0 bridgehead atoms. The molecule has 0 amide bonds. The van der Waals surface area contributed by atoms with Crippen LogP contribution in [0, 0.1) is 0 Å². The number of rotatable bonds is 6. The molecule has 86 valence electrons. The van der Waals surface area contributed by atoms with Gasteiger partial charge in [0.2, 0.25) is 0 Å². The van der Waals surface area contributed by atoms with Gasteiger partial charge >= 0.3 is 5.97 Å². The van der Waals surface area contributed by atoms with Crippen molar-refractivity contribution in [3.63, 3.8) is 0 Å². The molecule has 0 N–H and O–H groups in total. The number of halogens is 1. The maximum Gasteiger partial charge on any atom is 0.305 e. The Balaban J connectivity index is 0. The maximum absolute atomic E-state index is 11.0. The predicted octanol–water partition coefficient (Wildman–Crippen LogP) is 3.50. The molecule has 0 aromatic carbocycles. The van der Waals surface area contributed by atoms with Crippen LogP contribution >= 0.6 is 0 Å². The van der Waals surface area contributed by atoms with E-state index in [1.165, 1.54) is 0 Å². The number of alkyl halides is 1. The van der Waals surface area contributed by atoms with Crippen molar-refractivity contribution in [3.05, 3.63) is 0 Å². The van der Waals surface area contributed by atoms with Gasteiger partial charge in [-0.3, -0.25) is 9.18 Å². The topological polar surface area (TPSA) is 26.3 Å². The minimum absolute atomic E-state index is 0.0700. The van der Waals surface area contributed by atoms with E-state index < -0.39 is 0 Å². The number of ether oxygens (including phenoxy) is 1. The summed E-state index contributed by atoms with van der Waals surface area (Å²) in [6, 6.07) is 0. The molecule has 0 fully saturated rings. The van der Waals surface area contributed by atoms with E-state index in [-0.39, 0.29) is 12.6 Å². The Morgan fingerprint density at radius 3 is 2.00 bits per heavy atom. The Morgan fingerprint density at radius 2 is 1.71 bits per heavy atom. The van der Waals surface area contributed by atoms with E-state index in [1.807, 2.05) is 13.8 Å². The summed E-state index contributed by atoms with van der Waals surface area (Å²) in [4.78, 5) is 10.6. The third kappa shape index (κ3) is 17.5. The van der Waals surface area contributed by atoms with Gasteiger partial charge in [-0.15, -0.1) is 0 Å². The predicted molar refractivity (Wildman–Crippen MR) is 57.0 cm³/mol. The molecular formula is C11H23FO2. The Labute approximate surface area is 86.8 Å². The van der Waals surface area contributed by atoms with Gasteiger partial charge in [-0.2, -0.15) is 0 Å². The number of unbranched alkanes of at least 4 members (excludes halogenated alkanes) is 2. The maximum atomic E-state index is 11.0. The molecule has 0 heterocycles. The summed E-state index contributed by atoms with van der Waals surface area (Å²) < 4.78 is 15.7. The monoisotopic (exact) mass is 206 g/mol. The summed E-state index contributed by atoms with van der Waals surface area (Å²) in [5, 5.41) is 0. The van der Waals surface area contributed by atoms with Gasteiger partial charge < -0.3 is 4.74 Å². The van der Waals surface area contributed by atoms with Crippen molar-refractivity contribution >= 4 is 5.97 Å². The Kier molecular flexibility index (Phi) is 16.9. The highest BCUT2D eigenvalue weighted by atomic mass is 19.1. The largest absolute Gasteiger partial charge is 0.466 e. The first-order valence-electron chi connectivity index (χ1n) is 5.44. The molecule has 0 radical (unpaired) electrons. The standard InChI is InChI=1S/C7H14O2.C4H9F/c1-3-5-6-7(8)9-4-2;1-2-3-4-5/h3-6H2,1-2H3;2-4H2,1H3. The highest BCUT2D eigenvalue weighted by molar-refractivity contribution is 5.69. The van der Waals surface area contributed by atoms with Crippen LogP contribution in [0.2, 0.25) is 0 Å². The van der Waals surface area contributed by atoms with Gasteiger partial charge in [0, 0.05) is 6.42 Å². The Morgan fingerprint density at radius 1 is 1.14 bits per heavy atom. The van der Waals surface area contributed by atoms with Crippen molar-refractivity contribution in [2.75, 3.05) is 13.3 Å². The summed E-state index contributed by atoms with van der Waals surface area (Å²) in [6.07, 6.45) is 4.26. The molecule has 0 rings (SSSR count). The van der Waals surface area contributed by atoms with Gasteiger partial charge in [-0.25, -0.2) is 0 Å². The van der Waals surface area contributed by atoms with Crippen molar-refractivity contribution in [1.82, 2.24) is 0 Å². The van der Waals surface area contributed by atoms with Crippen LogP contribution in [0.4, 0.5) is 4.39 Å². The lowest BCUT2D eigenvalue weighted by atomic mass is 10.3. The molecule has 14 heavy (non-hydrogen) atoms. The fraction of sp³-hybridized carbons (Fsp3) is 0.909. The van der Waals surface area contributed by atoms with Gasteiger partial charge in [-0.05, 0) is 19.8 Å². The van der Waals surface area contributed by atoms with Crippen molar-refractivity contribution < 1.29 is 13.9 Å². The summed E-state index contributed by atoms with van der Waals surface area (Å²) in [6.45, 7) is 6.20. The normalized spacial score (nSPS) is 8.86. The fourth-order valence-electron chi connectivity index (χ4n) is 0.688. The van der Waals surface area contributed by atoms with Gasteiger partial charge in [-0.1, -0.05) is 26.7 Å². The minimum atomic E-state index is -0.156. The molecule has 0 saturated heterocycles. The molecule has 0 spiro atoms. The number of hydrogen-bond acceptors (Lipinski definition) is 2. The lowest BCUT2D eigenvalue weighted by Crippen LogP contribution is -2.02. The van der Waals surface area contributed by atoms with Gasteiger partial charge in [0.15, 0.2) is 0 Å². The van der Waals surface area contributed by atoms with E-state index in [0.29, 0.717) is 13.0 Å². The first-order valence-corrected chi connectivity index (χ1v) is 5.44. The van der Waals surface area contributed by atoms with E-state index in [4.69, 9.17) is 4.74 Å². The zero-order valence-corrected chi connectivity index (χ0v) is 9.64. The molecule has 0 unspecified atom stereocenters. The number of carbonyl (C=O) groups is 1. The van der Waals surface area contributed by atoms with Gasteiger partial charge in [0.25, 0.3) is 0 Å². The first kappa shape index (κ1) is 15.9. The van der Waals surface area contributed by atoms with Crippen molar-refractivity contribution in [1.29, 1.82) is 0 Å². The molecule has 0 aromatic heterocycles. The summed E-state index contributed by atoms with van der Waals surface area (Å²) in [5.41, 5.74) is 0. The van der Waals surface area contributed by atoms with Crippen molar-refractivity contribution in [3.8, 4) is 0 Å². The summed E-state index contributed by atoms with van der Waals surface area (Å²) in [5.74, 6) is -0.0700. The summed E-state index contributed by atoms with van der Waals surface area (Å²) >= 11 is 0. The van der Waals surface area contributed by atoms with Crippen LogP contribution < -0.4 is 0 Å².